The average molecular weight is 807 g/mol. The minimum atomic E-state index is -0.781. The van der Waals surface area contributed by atoms with Crippen LogP contribution in [0.4, 0.5) is 0 Å². The van der Waals surface area contributed by atoms with E-state index in [4.69, 9.17) is 14.2 Å². The van der Waals surface area contributed by atoms with Gasteiger partial charge in [-0.25, -0.2) is 0 Å². The molecule has 0 rings (SSSR count). The van der Waals surface area contributed by atoms with E-state index < -0.39 is 6.10 Å². The second-order valence-electron chi connectivity index (χ2n) is 15.3. The number of unbranched alkanes of at least 4 members (excludes halogenated alkanes) is 16. The monoisotopic (exact) mass is 807 g/mol. The zero-order valence-electron chi connectivity index (χ0n) is 37.5. The van der Waals surface area contributed by atoms with E-state index in [9.17, 15) is 14.4 Å². The van der Waals surface area contributed by atoms with E-state index in [0.717, 1.165) is 135 Å². The largest absolute Gasteiger partial charge is 0.462 e. The number of carbonyl (C=O) groups is 3. The predicted octanol–water partition coefficient (Wildman–Crippen LogP) is 15.3. The van der Waals surface area contributed by atoms with Gasteiger partial charge in [-0.15, -0.1) is 0 Å². The van der Waals surface area contributed by atoms with Crippen LogP contribution in [0.1, 0.15) is 207 Å². The Morgan fingerprint density at radius 2 is 0.707 bits per heavy atom. The van der Waals surface area contributed by atoms with Crippen molar-refractivity contribution < 1.29 is 28.6 Å². The van der Waals surface area contributed by atoms with Gasteiger partial charge >= 0.3 is 17.9 Å². The average Bonchev–Trinajstić information content (AvgIpc) is 3.22. The molecule has 0 aliphatic carbocycles. The second kappa shape index (κ2) is 46.3. The third-order valence-corrected chi connectivity index (χ3v) is 9.61. The fourth-order valence-corrected chi connectivity index (χ4v) is 6.09. The third-order valence-electron chi connectivity index (χ3n) is 9.61. The predicted molar refractivity (Wildman–Crippen MR) is 247 cm³/mol. The summed E-state index contributed by atoms with van der Waals surface area (Å²) in [5, 5.41) is 0. The van der Waals surface area contributed by atoms with Gasteiger partial charge in [0.25, 0.3) is 0 Å². The molecule has 0 amide bonds. The SMILES string of the molecule is CC/C=C\C/C=C\C/C=C\C/C=C\C/C=C\C/C=C\CCCCCCCCC(=O)OCC(COC(=O)CCCCCCC)OC(=O)CCCCCCC/C=C\CCC. The van der Waals surface area contributed by atoms with Crippen molar-refractivity contribution >= 4 is 17.9 Å². The molecular formula is C52H86O6. The lowest BCUT2D eigenvalue weighted by Gasteiger charge is -2.18. The quantitative estimate of drug-likeness (QED) is 0.0265. The molecule has 0 saturated heterocycles. The highest BCUT2D eigenvalue weighted by atomic mass is 16.6. The van der Waals surface area contributed by atoms with Gasteiger partial charge in [-0.3, -0.25) is 14.4 Å². The van der Waals surface area contributed by atoms with E-state index in [0.29, 0.717) is 19.3 Å². The van der Waals surface area contributed by atoms with E-state index in [1.165, 1.54) is 32.1 Å². The standard InChI is InChI=1S/C52H86O6/c1-4-7-10-13-15-17-19-20-21-22-23-24-25-26-27-28-29-30-31-32-33-35-36-39-42-45-51(54)57-48-49(47-56-50(53)44-41-38-12-9-6-3)58-52(55)46-43-40-37-34-18-16-14-11-8-5-2/h7,10-11,14-15,17,20-21,23-24,26-27,29-30,49H,4-6,8-9,12-13,16,18-19,22,25,28,31-48H2,1-3H3/b10-7-,14-11-,17-15-,21-20-,24-23-,27-26-,30-29-. The summed E-state index contributed by atoms with van der Waals surface area (Å²) in [5.41, 5.74) is 0. The molecule has 0 aliphatic rings. The Kier molecular flexibility index (Phi) is 43.6. The first kappa shape index (κ1) is 54.6. The molecule has 0 radical (unpaired) electrons. The highest BCUT2D eigenvalue weighted by Crippen LogP contribution is 2.13. The highest BCUT2D eigenvalue weighted by Gasteiger charge is 2.19. The minimum absolute atomic E-state index is 0.0864. The van der Waals surface area contributed by atoms with Gasteiger partial charge in [-0.2, -0.15) is 0 Å². The lowest BCUT2D eigenvalue weighted by molar-refractivity contribution is -0.167. The van der Waals surface area contributed by atoms with Crippen LogP contribution in [0.25, 0.3) is 0 Å². The molecule has 0 aliphatic heterocycles. The molecule has 0 aromatic carbocycles. The Bertz CT molecular complexity index is 1160. The Labute approximate surface area is 356 Å². The van der Waals surface area contributed by atoms with Crippen LogP contribution >= 0.6 is 0 Å². The maximum atomic E-state index is 12.6. The normalized spacial score (nSPS) is 12.8. The molecule has 330 valence electrons. The summed E-state index contributed by atoms with van der Waals surface area (Å²) in [6, 6.07) is 0. The summed E-state index contributed by atoms with van der Waals surface area (Å²) in [6.07, 6.45) is 58.9. The van der Waals surface area contributed by atoms with Crippen molar-refractivity contribution in [1.29, 1.82) is 0 Å². The zero-order valence-corrected chi connectivity index (χ0v) is 37.5. The summed E-state index contributed by atoms with van der Waals surface area (Å²) in [4.78, 5) is 37.4. The molecule has 1 atom stereocenters. The first-order valence-electron chi connectivity index (χ1n) is 23.6. The molecule has 1 unspecified atom stereocenters. The number of carbonyl (C=O) groups excluding carboxylic acids is 3. The Hall–Kier alpha value is -3.41. The van der Waals surface area contributed by atoms with Crippen LogP contribution < -0.4 is 0 Å². The van der Waals surface area contributed by atoms with Crippen molar-refractivity contribution in [1.82, 2.24) is 0 Å². The maximum absolute atomic E-state index is 12.6. The lowest BCUT2D eigenvalue weighted by atomic mass is 10.1. The third kappa shape index (κ3) is 43.7. The second-order valence-corrected chi connectivity index (χ2v) is 15.3. The first-order chi connectivity index (χ1) is 28.5. The number of ether oxygens (including phenoxy) is 3. The lowest BCUT2D eigenvalue weighted by Crippen LogP contribution is -2.30. The zero-order chi connectivity index (χ0) is 42.3. The van der Waals surface area contributed by atoms with E-state index in [2.05, 4.69) is 106 Å². The van der Waals surface area contributed by atoms with Gasteiger partial charge in [0.2, 0.25) is 0 Å². The van der Waals surface area contributed by atoms with Crippen LogP contribution in [0.2, 0.25) is 0 Å². The van der Waals surface area contributed by atoms with Gasteiger partial charge < -0.3 is 14.2 Å². The highest BCUT2D eigenvalue weighted by molar-refractivity contribution is 5.71. The van der Waals surface area contributed by atoms with Crippen LogP contribution in [0.3, 0.4) is 0 Å². The minimum Gasteiger partial charge on any atom is -0.462 e. The van der Waals surface area contributed by atoms with Crippen molar-refractivity contribution in [3.8, 4) is 0 Å². The molecule has 0 aromatic heterocycles. The molecule has 0 bridgehead atoms. The van der Waals surface area contributed by atoms with Gasteiger partial charge in [0.1, 0.15) is 13.2 Å². The summed E-state index contributed by atoms with van der Waals surface area (Å²) >= 11 is 0. The van der Waals surface area contributed by atoms with E-state index in [1.807, 2.05) is 0 Å². The first-order valence-corrected chi connectivity index (χ1v) is 23.6. The van der Waals surface area contributed by atoms with E-state index in [-0.39, 0.29) is 31.1 Å². The van der Waals surface area contributed by atoms with Crippen molar-refractivity contribution in [2.45, 2.75) is 213 Å². The summed E-state index contributed by atoms with van der Waals surface area (Å²) in [6.45, 7) is 6.33. The van der Waals surface area contributed by atoms with Gasteiger partial charge in [0.15, 0.2) is 6.10 Å². The molecule has 0 saturated carbocycles. The fraction of sp³-hybridized carbons (Fsp3) is 0.673. The summed E-state index contributed by atoms with van der Waals surface area (Å²) in [5.74, 6) is -0.934. The number of hydrogen-bond donors (Lipinski definition) is 0. The molecule has 0 N–H and O–H groups in total. The van der Waals surface area contributed by atoms with Crippen LogP contribution in [0.15, 0.2) is 85.1 Å². The van der Waals surface area contributed by atoms with Crippen molar-refractivity contribution in [2.75, 3.05) is 13.2 Å². The number of esters is 3. The molecule has 58 heavy (non-hydrogen) atoms. The van der Waals surface area contributed by atoms with Crippen LogP contribution in [-0.2, 0) is 28.6 Å². The van der Waals surface area contributed by atoms with Gasteiger partial charge in [0.05, 0.1) is 0 Å². The molecule has 0 fully saturated rings. The van der Waals surface area contributed by atoms with Crippen molar-refractivity contribution in [3.05, 3.63) is 85.1 Å². The molecule has 0 spiro atoms. The topological polar surface area (TPSA) is 78.9 Å². The van der Waals surface area contributed by atoms with Crippen molar-refractivity contribution in [3.63, 3.8) is 0 Å². The molecular weight excluding hydrogens is 721 g/mol. The summed E-state index contributed by atoms with van der Waals surface area (Å²) in [7, 11) is 0. The van der Waals surface area contributed by atoms with Crippen LogP contribution in [-0.4, -0.2) is 37.2 Å². The molecule has 6 heteroatoms. The molecule has 6 nitrogen and oxygen atoms in total. The van der Waals surface area contributed by atoms with Crippen LogP contribution in [0, 0.1) is 0 Å². The smallest absolute Gasteiger partial charge is 0.306 e. The van der Waals surface area contributed by atoms with E-state index >= 15 is 0 Å². The van der Waals surface area contributed by atoms with Crippen LogP contribution in [0.5, 0.6) is 0 Å². The molecule has 0 aromatic rings. The fourth-order valence-electron chi connectivity index (χ4n) is 6.09. The number of allylic oxidation sites excluding steroid dienone is 14. The van der Waals surface area contributed by atoms with Crippen molar-refractivity contribution in [2.24, 2.45) is 0 Å². The molecule has 0 heterocycles. The van der Waals surface area contributed by atoms with E-state index in [1.54, 1.807) is 0 Å². The van der Waals surface area contributed by atoms with Gasteiger partial charge in [-0.05, 0) is 89.9 Å². The number of rotatable bonds is 41. The Morgan fingerprint density at radius 3 is 1.14 bits per heavy atom. The van der Waals surface area contributed by atoms with Gasteiger partial charge in [0, 0.05) is 19.3 Å². The Morgan fingerprint density at radius 1 is 0.362 bits per heavy atom. The Balaban J connectivity index is 4.15. The number of hydrogen-bond acceptors (Lipinski definition) is 6. The van der Waals surface area contributed by atoms with Gasteiger partial charge in [-0.1, -0.05) is 183 Å². The summed E-state index contributed by atoms with van der Waals surface area (Å²) < 4.78 is 16.6. The maximum Gasteiger partial charge on any atom is 0.306 e.